The molecule has 0 aromatic carbocycles. The van der Waals surface area contributed by atoms with Crippen molar-refractivity contribution < 1.29 is 19.3 Å². The van der Waals surface area contributed by atoms with Crippen molar-refractivity contribution in [2.45, 2.75) is 58.4 Å². The smallest absolute Gasteiger partial charge is 0.307 e. The van der Waals surface area contributed by atoms with E-state index in [-0.39, 0.29) is 39.8 Å². The number of aliphatic carboxylic acids is 1. The van der Waals surface area contributed by atoms with E-state index in [4.69, 9.17) is 0 Å². The molecule has 6 rings (SSSR count). The number of ketones is 1. The highest BCUT2D eigenvalue weighted by atomic mass is 16.6. The summed E-state index contributed by atoms with van der Waals surface area (Å²) in [5.41, 5.74) is 1.60. The number of hydrogen-bond donors (Lipinski definition) is 1. The van der Waals surface area contributed by atoms with E-state index in [1.165, 1.54) is 11.1 Å². The number of hydroxylamine groups is 3. The van der Waals surface area contributed by atoms with Crippen LogP contribution in [0.25, 0.3) is 0 Å². The maximum absolute atomic E-state index is 14.2. The summed E-state index contributed by atoms with van der Waals surface area (Å²) in [6, 6.07) is -0.0259. The van der Waals surface area contributed by atoms with Crippen LogP contribution in [0.5, 0.6) is 0 Å². The van der Waals surface area contributed by atoms with Gasteiger partial charge in [0.2, 0.25) is 0 Å². The van der Waals surface area contributed by atoms with Gasteiger partial charge in [0.25, 0.3) is 0 Å². The molecule has 0 aromatic rings. The van der Waals surface area contributed by atoms with Crippen molar-refractivity contribution >= 4 is 11.8 Å². The van der Waals surface area contributed by atoms with Gasteiger partial charge < -0.3 is 15.0 Å². The molecule has 0 amide bonds. The van der Waals surface area contributed by atoms with Crippen molar-refractivity contribution in [2.75, 3.05) is 13.1 Å². The molecule has 2 aliphatic heterocycles. The predicted molar refractivity (Wildman–Crippen MR) is 98.2 cm³/mol. The zero-order valence-corrected chi connectivity index (χ0v) is 16.2. The van der Waals surface area contributed by atoms with E-state index >= 15 is 0 Å². The van der Waals surface area contributed by atoms with Gasteiger partial charge in [-0.25, -0.2) is 0 Å². The molecule has 6 aliphatic rings. The first-order valence-corrected chi connectivity index (χ1v) is 10.8. The molecule has 2 saturated heterocycles. The zero-order valence-electron chi connectivity index (χ0n) is 16.2. The van der Waals surface area contributed by atoms with Crippen molar-refractivity contribution in [3.8, 4) is 0 Å². The lowest BCUT2D eigenvalue weighted by atomic mass is 9.45. The van der Waals surface area contributed by atoms with Gasteiger partial charge in [-0.2, -0.15) is 0 Å². The number of carboxylic acids is 1. The molecule has 4 aliphatic carbocycles. The first-order chi connectivity index (χ1) is 12.7. The lowest BCUT2D eigenvalue weighted by molar-refractivity contribution is -0.908. The number of carboxylic acid groups (broad SMARTS) is 1. The lowest BCUT2D eigenvalue weighted by Crippen LogP contribution is -2.68. The minimum absolute atomic E-state index is 0.0259. The standard InChI is InChI=1S/C22H29NO4/c1-11-9-23(27)10-13-5-3-12-4-6-14-16(20(25)26)8-22(18(12)14)19(24)15(11)7-17(23)21(13,22)2/h11,13-17H,3-10H2,1-2H3,(H,25,26)/t11-,13-,14-,15-,16-,17-,21-,22+,23-/m1/s1. The van der Waals surface area contributed by atoms with Crippen molar-refractivity contribution in [3.05, 3.63) is 16.4 Å². The third-order valence-corrected chi connectivity index (χ3v) is 10.2. The lowest BCUT2D eigenvalue weighted by Gasteiger charge is -2.62. The minimum Gasteiger partial charge on any atom is -0.633 e. The van der Waals surface area contributed by atoms with Crippen LogP contribution in [0, 0.1) is 45.6 Å². The first-order valence-electron chi connectivity index (χ1n) is 10.8. The van der Waals surface area contributed by atoms with Gasteiger partial charge in [-0.1, -0.05) is 25.0 Å². The van der Waals surface area contributed by atoms with Crippen molar-refractivity contribution in [1.29, 1.82) is 0 Å². The van der Waals surface area contributed by atoms with Crippen LogP contribution in [0.1, 0.15) is 52.4 Å². The van der Waals surface area contributed by atoms with Gasteiger partial charge in [0.05, 0.1) is 30.5 Å². The Balaban J connectivity index is 1.66. The number of allylic oxidation sites excluding steroid dienone is 2. The van der Waals surface area contributed by atoms with Crippen molar-refractivity contribution in [2.24, 2.45) is 40.4 Å². The maximum Gasteiger partial charge on any atom is 0.307 e. The van der Waals surface area contributed by atoms with Crippen LogP contribution in [0.2, 0.25) is 0 Å². The average Bonchev–Trinajstić information content (AvgIpc) is 3.19. The molecule has 27 heavy (non-hydrogen) atoms. The first kappa shape index (κ1) is 16.7. The Labute approximate surface area is 160 Å². The molecule has 1 spiro atoms. The van der Waals surface area contributed by atoms with E-state index in [1.54, 1.807) is 0 Å². The second-order valence-electron chi connectivity index (χ2n) is 10.8. The minimum atomic E-state index is -0.742. The third kappa shape index (κ3) is 1.56. The molecule has 146 valence electrons. The summed E-state index contributed by atoms with van der Waals surface area (Å²) < 4.78 is -0.126. The van der Waals surface area contributed by atoms with Crippen LogP contribution in [-0.2, 0) is 9.59 Å². The molecule has 0 unspecified atom stereocenters. The Morgan fingerprint density at radius 1 is 1.22 bits per heavy atom. The zero-order chi connectivity index (χ0) is 18.9. The van der Waals surface area contributed by atoms with Crippen molar-refractivity contribution in [3.63, 3.8) is 0 Å². The van der Waals surface area contributed by atoms with Gasteiger partial charge in [0.1, 0.15) is 5.78 Å². The van der Waals surface area contributed by atoms with E-state index < -0.39 is 17.3 Å². The van der Waals surface area contributed by atoms with Crippen LogP contribution in [0.3, 0.4) is 0 Å². The molecule has 2 bridgehead atoms. The van der Waals surface area contributed by atoms with Crippen LogP contribution in [-0.4, -0.2) is 40.6 Å². The molecule has 2 heterocycles. The quantitative estimate of drug-likeness (QED) is 0.436. The summed E-state index contributed by atoms with van der Waals surface area (Å²) in [4.78, 5) is 26.3. The fourth-order valence-corrected chi connectivity index (χ4v) is 9.23. The van der Waals surface area contributed by atoms with Gasteiger partial charge in [0, 0.05) is 29.6 Å². The number of piperidine rings is 1. The summed E-state index contributed by atoms with van der Waals surface area (Å²) >= 11 is 0. The summed E-state index contributed by atoms with van der Waals surface area (Å²) in [5.74, 6) is -0.540. The fraction of sp³-hybridized carbons (Fsp3) is 0.818. The Bertz CT molecular complexity index is 819. The topological polar surface area (TPSA) is 77.4 Å². The number of nitrogens with zero attached hydrogens (tertiary/aromatic N) is 1. The maximum atomic E-state index is 14.2. The van der Waals surface area contributed by atoms with Crippen LogP contribution in [0.15, 0.2) is 11.1 Å². The summed E-state index contributed by atoms with van der Waals surface area (Å²) in [7, 11) is 0. The van der Waals surface area contributed by atoms with Gasteiger partial charge >= 0.3 is 5.97 Å². The summed E-state index contributed by atoms with van der Waals surface area (Å²) in [5, 5.41) is 23.9. The number of hydrogen-bond acceptors (Lipinski definition) is 3. The number of rotatable bonds is 1. The van der Waals surface area contributed by atoms with Crippen LogP contribution < -0.4 is 0 Å². The number of carbonyl (C=O) groups excluding carboxylic acids is 1. The van der Waals surface area contributed by atoms with Gasteiger partial charge in [0.15, 0.2) is 0 Å². The second-order valence-corrected chi connectivity index (χ2v) is 10.8. The number of carbonyl (C=O) groups is 2. The Morgan fingerprint density at radius 2 is 1.96 bits per heavy atom. The highest BCUT2D eigenvalue weighted by Gasteiger charge is 2.79. The summed E-state index contributed by atoms with van der Waals surface area (Å²) in [6.07, 6.45) is 5.01. The van der Waals surface area contributed by atoms with E-state index in [9.17, 15) is 19.9 Å². The highest BCUT2D eigenvalue weighted by Crippen LogP contribution is 2.75. The molecule has 4 fully saturated rings. The number of fused-ring (bicyclic) bond motifs is 1. The molecule has 0 radical (unpaired) electrons. The fourth-order valence-electron chi connectivity index (χ4n) is 9.23. The highest BCUT2D eigenvalue weighted by molar-refractivity contribution is 5.95. The van der Waals surface area contributed by atoms with E-state index in [0.717, 1.165) is 32.1 Å². The molecule has 0 aromatic heterocycles. The second kappa shape index (κ2) is 4.68. The number of Topliss-reactive ketones (excluding diaryl/α,β-unsaturated/α-hetero) is 1. The molecule has 9 atom stereocenters. The van der Waals surface area contributed by atoms with E-state index in [1.807, 2.05) is 0 Å². The Morgan fingerprint density at radius 3 is 2.70 bits per heavy atom. The molecule has 5 nitrogen and oxygen atoms in total. The van der Waals surface area contributed by atoms with E-state index in [0.29, 0.717) is 25.3 Å². The van der Waals surface area contributed by atoms with E-state index in [2.05, 4.69) is 13.8 Å². The predicted octanol–water partition coefficient (Wildman–Crippen LogP) is 3.14. The SMILES string of the molecule is C[C@@H]1C[N@@+]2([O-])C[C@H]3CCC4=C5[C@H](CC4)[C@H](C(=O)O)C[C@@]54C(=O)[C@@H]1C[C@@H]2[C@@]34C. The third-order valence-electron chi connectivity index (χ3n) is 10.2. The average molecular weight is 371 g/mol. The van der Waals surface area contributed by atoms with Gasteiger partial charge in [-0.15, -0.1) is 0 Å². The summed E-state index contributed by atoms with van der Waals surface area (Å²) in [6.45, 7) is 5.51. The van der Waals surface area contributed by atoms with Gasteiger partial charge in [-0.3, -0.25) is 9.59 Å². The normalized spacial score (nSPS) is 57.7. The van der Waals surface area contributed by atoms with Crippen LogP contribution >= 0.6 is 0 Å². The Kier molecular flexibility index (Phi) is 2.90. The molecular weight excluding hydrogens is 342 g/mol. The molecule has 2 saturated carbocycles. The molecule has 1 N–H and O–H groups in total. The molecular formula is C22H29NO4. The van der Waals surface area contributed by atoms with Crippen LogP contribution in [0.4, 0.5) is 0 Å². The largest absolute Gasteiger partial charge is 0.633 e. The number of quaternary nitrogens is 1. The molecule has 5 heteroatoms. The monoisotopic (exact) mass is 371 g/mol. The Hall–Kier alpha value is -1.20. The van der Waals surface area contributed by atoms with Gasteiger partial charge in [-0.05, 0) is 38.0 Å². The van der Waals surface area contributed by atoms with Crippen molar-refractivity contribution in [1.82, 2.24) is 0 Å².